The monoisotopic (exact) mass is 345 g/mol. The van der Waals surface area contributed by atoms with Gasteiger partial charge >= 0.3 is 0 Å². The first-order valence-corrected chi connectivity index (χ1v) is 8.73. The Labute approximate surface area is 148 Å². The molecule has 0 aromatic heterocycles. The summed E-state index contributed by atoms with van der Waals surface area (Å²) in [5.74, 6) is 0. The minimum atomic E-state index is -0.455. The number of halogens is 1. The number of anilines is 2. The largest absolute Gasteiger partial charge is 0.387 e. The third-order valence-corrected chi connectivity index (χ3v) is 4.73. The number of hydrogen-bond donors (Lipinski definition) is 2. The van der Waals surface area contributed by atoms with Gasteiger partial charge in [-0.2, -0.15) is 0 Å². The molecule has 1 unspecified atom stereocenters. The van der Waals surface area contributed by atoms with Crippen molar-refractivity contribution in [2.24, 2.45) is 0 Å². The van der Waals surface area contributed by atoms with Crippen LogP contribution in [0, 0.1) is 0 Å². The summed E-state index contributed by atoms with van der Waals surface area (Å²) in [7, 11) is 1.84. The topological polar surface area (TPSA) is 38.7 Å². The highest BCUT2D eigenvalue weighted by molar-refractivity contribution is 6.30. The van der Waals surface area contributed by atoms with Gasteiger partial charge in [0.15, 0.2) is 0 Å². The van der Waals surface area contributed by atoms with Crippen LogP contribution in [0.1, 0.15) is 11.7 Å². The molecule has 1 aliphatic heterocycles. The molecule has 2 aromatic rings. The van der Waals surface area contributed by atoms with E-state index >= 15 is 0 Å². The summed E-state index contributed by atoms with van der Waals surface area (Å²) in [5, 5.41) is 13.8. The smallest absolute Gasteiger partial charge is 0.0914 e. The molecule has 128 valence electrons. The molecular weight excluding hydrogens is 322 g/mol. The van der Waals surface area contributed by atoms with Crippen LogP contribution in [0.3, 0.4) is 0 Å². The van der Waals surface area contributed by atoms with Crippen LogP contribution in [-0.2, 0) is 0 Å². The third kappa shape index (κ3) is 4.01. The van der Waals surface area contributed by atoms with Gasteiger partial charge in [-0.1, -0.05) is 29.8 Å². The molecule has 0 bridgehead atoms. The zero-order valence-electron chi connectivity index (χ0n) is 14.0. The Morgan fingerprint density at radius 1 is 1.00 bits per heavy atom. The van der Waals surface area contributed by atoms with Crippen LogP contribution in [0.2, 0.25) is 5.02 Å². The van der Waals surface area contributed by atoms with Crippen molar-refractivity contribution >= 4 is 23.0 Å². The summed E-state index contributed by atoms with van der Waals surface area (Å²) in [6, 6.07) is 16.3. The van der Waals surface area contributed by atoms with Crippen LogP contribution < -0.4 is 15.1 Å². The standard InChI is InChI=1S/C19H24ClN3O/c1-21-14-19(24)15-5-7-17(8-6-15)22-9-11-23(12-10-22)18-4-2-3-16(20)13-18/h2-8,13,19,21,24H,9-12,14H2,1H3. The van der Waals surface area contributed by atoms with Gasteiger partial charge in [0, 0.05) is 49.1 Å². The van der Waals surface area contributed by atoms with Crippen molar-refractivity contribution in [2.75, 3.05) is 49.6 Å². The van der Waals surface area contributed by atoms with E-state index in [0.29, 0.717) is 6.54 Å². The molecule has 1 saturated heterocycles. The summed E-state index contributed by atoms with van der Waals surface area (Å²) in [6.07, 6.45) is -0.455. The highest BCUT2D eigenvalue weighted by Gasteiger charge is 2.18. The molecule has 0 radical (unpaired) electrons. The average Bonchev–Trinajstić information content (AvgIpc) is 2.62. The van der Waals surface area contributed by atoms with Crippen LogP contribution in [0.15, 0.2) is 48.5 Å². The van der Waals surface area contributed by atoms with E-state index in [1.54, 1.807) is 0 Å². The van der Waals surface area contributed by atoms with Crippen molar-refractivity contribution in [2.45, 2.75) is 6.10 Å². The number of nitrogens with zero attached hydrogens (tertiary/aromatic N) is 2. The molecule has 1 heterocycles. The Hall–Kier alpha value is -1.75. The Morgan fingerprint density at radius 2 is 1.62 bits per heavy atom. The molecule has 2 N–H and O–H groups in total. The van der Waals surface area contributed by atoms with Gasteiger partial charge in [0.1, 0.15) is 0 Å². The number of benzene rings is 2. The normalized spacial score (nSPS) is 16.3. The van der Waals surface area contributed by atoms with Crippen molar-refractivity contribution in [3.05, 3.63) is 59.1 Å². The zero-order chi connectivity index (χ0) is 16.9. The van der Waals surface area contributed by atoms with Crippen LogP contribution in [0.5, 0.6) is 0 Å². The average molecular weight is 346 g/mol. The predicted octanol–water partition coefficient (Wildman–Crippen LogP) is 2.92. The fourth-order valence-electron chi connectivity index (χ4n) is 3.11. The van der Waals surface area contributed by atoms with E-state index in [-0.39, 0.29) is 0 Å². The molecule has 1 atom stereocenters. The fraction of sp³-hybridized carbons (Fsp3) is 0.368. The number of aliphatic hydroxyl groups is 1. The fourth-order valence-corrected chi connectivity index (χ4v) is 3.30. The highest BCUT2D eigenvalue weighted by Crippen LogP contribution is 2.24. The van der Waals surface area contributed by atoms with Crippen LogP contribution >= 0.6 is 11.6 Å². The van der Waals surface area contributed by atoms with Crippen molar-refractivity contribution in [3.8, 4) is 0 Å². The maximum atomic E-state index is 10.0. The number of piperazine rings is 1. The van der Waals surface area contributed by atoms with Crippen molar-refractivity contribution in [1.29, 1.82) is 0 Å². The van der Waals surface area contributed by atoms with Crippen LogP contribution in [0.25, 0.3) is 0 Å². The molecule has 1 aliphatic rings. The first-order chi connectivity index (χ1) is 11.7. The summed E-state index contributed by atoms with van der Waals surface area (Å²) in [5.41, 5.74) is 3.35. The van der Waals surface area contributed by atoms with Gasteiger partial charge in [0.05, 0.1) is 6.10 Å². The minimum absolute atomic E-state index is 0.455. The second-order valence-corrected chi connectivity index (χ2v) is 6.56. The van der Waals surface area contributed by atoms with Crippen molar-refractivity contribution < 1.29 is 5.11 Å². The molecule has 24 heavy (non-hydrogen) atoms. The van der Waals surface area contributed by atoms with Gasteiger partial charge in [0.2, 0.25) is 0 Å². The van der Waals surface area contributed by atoms with Gasteiger partial charge in [-0.05, 0) is 42.9 Å². The molecule has 0 saturated carbocycles. The molecule has 1 fully saturated rings. The SMILES string of the molecule is CNCC(O)c1ccc(N2CCN(c3cccc(Cl)c3)CC2)cc1. The van der Waals surface area contributed by atoms with Gasteiger partial charge < -0.3 is 20.2 Å². The molecule has 2 aromatic carbocycles. The van der Waals surface area contributed by atoms with E-state index in [1.165, 1.54) is 11.4 Å². The maximum absolute atomic E-state index is 10.0. The number of rotatable bonds is 5. The Morgan fingerprint density at radius 3 is 2.21 bits per heavy atom. The predicted molar refractivity (Wildman–Crippen MR) is 101 cm³/mol. The summed E-state index contributed by atoms with van der Waals surface area (Å²) in [6.45, 7) is 4.47. The van der Waals surface area contributed by atoms with Gasteiger partial charge in [-0.3, -0.25) is 0 Å². The lowest BCUT2D eigenvalue weighted by Crippen LogP contribution is -2.46. The Bertz CT molecular complexity index is 654. The number of hydrogen-bond acceptors (Lipinski definition) is 4. The first kappa shape index (κ1) is 17.1. The summed E-state index contributed by atoms with van der Waals surface area (Å²) < 4.78 is 0. The number of likely N-dealkylation sites (N-methyl/N-ethyl adjacent to an activating group) is 1. The van der Waals surface area contributed by atoms with Gasteiger partial charge in [0.25, 0.3) is 0 Å². The summed E-state index contributed by atoms with van der Waals surface area (Å²) in [4.78, 5) is 4.75. The summed E-state index contributed by atoms with van der Waals surface area (Å²) >= 11 is 6.09. The van der Waals surface area contributed by atoms with Gasteiger partial charge in [-0.15, -0.1) is 0 Å². The number of nitrogens with one attached hydrogen (secondary N) is 1. The third-order valence-electron chi connectivity index (χ3n) is 4.49. The van der Waals surface area contributed by atoms with E-state index in [1.807, 2.05) is 37.4 Å². The van der Waals surface area contributed by atoms with Crippen molar-refractivity contribution in [1.82, 2.24) is 5.32 Å². The molecule has 0 aliphatic carbocycles. The first-order valence-electron chi connectivity index (χ1n) is 8.35. The molecule has 0 spiro atoms. The van der Waals surface area contributed by atoms with E-state index in [2.05, 4.69) is 33.3 Å². The molecule has 3 rings (SSSR count). The molecule has 5 heteroatoms. The molecule has 0 amide bonds. The second-order valence-electron chi connectivity index (χ2n) is 6.12. The lowest BCUT2D eigenvalue weighted by molar-refractivity contribution is 0.178. The quantitative estimate of drug-likeness (QED) is 0.874. The lowest BCUT2D eigenvalue weighted by atomic mass is 10.1. The van der Waals surface area contributed by atoms with E-state index in [0.717, 1.165) is 36.8 Å². The molecular formula is C19H24ClN3O. The van der Waals surface area contributed by atoms with E-state index < -0.39 is 6.10 Å². The minimum Gasteiger partial charge on any atom is -0.387 e. The van der Waals surface area contributed by atoms with Gasteiger partial charge in [-0.25, -0.2) is 0 Å². The zero-order valence-corrected chi connectivity index (χ0v) is 14.7. The highest BCUT2D eigenvalue weighted by atomic mass is 35.5. The van der Waals surface area contributed by atoms with Crippen LogP contribution in [0.4, 0.5) is 11.4 Å². The molecule has 4 nitrogen and oxygen atoms in total. The Kier molecular flexibility index (Phi) is 5.61. The lowest BCUT2D eigenvalue weighted by Gasteiger charge is -2.37. The second kappa shape index (κ2) is 7.88. The van der Waals surface area contributed by atoms with E-state index in [9.17, 15) is 5.11 Å². The number of aliphatic hydroxyl groups excluding tert-OH is 1. The maximum Gasteiger partial charge on any atom is 0.0914 e. The Balaban J connectivity index is 1.60. The van der Waals surface area contributed by atoms with Crippen molar-refractivity contribution in [3.63, 3.8) is 0 Å². The van der Waals surface area contributed by atoms with Crippen LogP contribution in [-0.4, -0.2) is 44.9 Å². The van der Waals surface area contributed by atoms with E-state index in [4.69, 9.17) is 11.6 Å².